The van der Waals surface area contributed by atoms with Crippen LogP contribution < -0.4 is 14.8 Å². The number of hydrogen-bond donors (Lipinski definition) is 1. The van der Waals surface area contributed by atoms with Gasteiger partial charge in [0.2, 0.25) is 0 Å². The maximum atomic E-state index is 6.13. The average molecular weight is 339 g/mol. The van der Waals surface area contributed by atoms with Gasteiger partial charge in [0.15, 0.2) is 0 Å². The number of para-hydroxylation sites is 1. The lowest BCUT2D eigenvalue weighted by molar-refractivity contribution is 0.250. The van der Waals surface area contributed by atoms with Gasteiger partial charge in [0.1, 0.15) is 11.5 Å². The summed E-state index contributed by atoms with van der Waals surface area (Å²) in [6.07, 6.45) is 5.69. The highest BCUT2D eigenvalue weighted by molar-refractivity contribution is 5.35. The molecular formula is C22H29NO2. The molecule has 0 saturated carbocycles. The van der Waals surface area contributed by atoms with Crippen LogP contribution in [0, 0.1) is 5.92 Å². The van der Waals surface area contributed by atoms with E-state index < -0.39 is 0 Å². The quantitative estimate of drug-likeness (QED) is 0.780. The predicted molar refractivity (Wildman–Crippen MR) is 103 cm³/mol. The highest BCUT2D eigenvalue weighted by Gasteiger charge is 2.13. The molecule has 1 aliphatic heterocycles. The zero-order valence-corrected chi connectivity index (χ0v) is 15.2. The van der Waals surface area contributed by atoms with Crippen molar-refractivity contribution in [3.05, 3.63) is 59.7 Å². The Morgan fingerprint density at radius 2 is 1.84 bits per heavy atom. The van der Waals surface area contributed by atoms with Crippen molar-refractivity contribution in [2.75, 3.05) is 26.8 Å². The molecule has 0 spiro atoms. The molecule has 0 bridgehead atoms. The van der Waals surface area contributed by atoms with Gasteiger partial charge in [-0.3, -0.25) is 0 Å². The standard InChI is InChI=1S/C22H29NO2/c1-24-21-7-4-5-19(17-21)9-10-20-6-2-3-8-22(20)25-16-13-18-11-14-23-15-12-18/h2-8,17-18,23H,9-16H2,1H3. The molecule has 0 amide bonds. The number of benzene rings is 2. The first kappa shape index (κ1) is 17.8. The fraction of sp³-hybridized carbons (Fsp3) is 0.455. The van der Waals surface area contributed by atoms with Gasteiger partial charge < -0.3 is 14.8 Å². The molecular weight excluding hydrogens is 310 g/mol. The number of nitrogens with one attached hydrogen (secondary N) is 1. The van der Waals surface area contributed by atoms with E-state index in [2.05, 4.69) is 47.8 Å². The van der Waals surface area contributed by atoms with Crippen LogP contribution in [0.15, 0.2) is 48.5 Å². The van der Waals surface area contributed by atoms with Crippen molar-refractivity contribution in [3.63, 3.8) is 0 Å². The smallest absolute Gasteiger partial charge is 0.122 e. The molecule has 3 rings (SSSR count). The average Bonchev–Trinajstić information content (AvgIpc) is 2.68. The molecule has 134 valence electrons. The summed E-state index contributed by atoms with van der Waals surface area (Å²) < 4.78 is 11.4. The van der Waals surface area contributed by atoms with Crippen LogP contribution >= 0.6 is 0 Å². The first-order valence-electron chi connectivity index (χ1n) is 9.39. The number of rotatable bonds is 8. The van der Waals surface area contributed by atoms with Gasteiger partial charge in [-0.1, -0.05) is 30.3 Å². The topological polar surface area (TPSA) is 30.5 Å². The molecule has 0 aromatic heterocycles. The first-order valence-corrected chi connectivity index (χ1v) is 9.39. The number of methoxy groups -OCH3 is 1. The third-order valence-electron chi connectivity index (χ3n) is 5.03. The molecule has 2 aromatic rings. The lowest BCUT2D eigenvalue weighted by atomic mass is 9.95. The van der Waals surface area contributed by atoms with E-state index in [4.69, 9.17) is 9.47 Å². The van der Waals surface area contributed by atoms with Crippen LogP contribution in [-0.4, -0.2) is 26.8 Å². The summed E-state index contributed by atoms with van der Waals surface area (Å²) in [4.78, 5) is 0. The summed E-state index contributed by atoms with van der Waals surface area (Å²) in [6.45, 7) is 3.13. The molecule has 0 aliphatic carbocycles. The number of hydrogen-bond acceptors (Lipinski definition) is 3. The number of aryl methyl sites for hydroxylation is 2. The zero-order valence-electron chi connectivity index (χ0n) is 15.2. The van der Waals surface area contributed by atoms with Crippen molar-refractivity contribution in [2.45, 2.75) is 32.1 Å². The molecule has 0 radical (unpaired) electrons. The summed E-state index contributed by atoms with van der Waals surface area (Å²) in [5.74, 6) is 2.77. The van der Waals surface area contributed by atoms with Crippen molar-refractivity contribution in [3.8, 4) is 11.5 Å². The Balaban J connectivity index is 1.53. The van der Waals surface area contributed by atoms with Crippen LogP contribution in [0.1, 0.15) is 30.4 Å². The monoisotopic (exact) mass is 339 g/mol. The Bertz CT molecular complexity index is 650. The highest BCUT2D eigenvalue weighted by Crippen LogP contribution is 2.23. The van der Waals surface area contributed by atoms with Crippen LogP contribution in [0.4, 0.5) is 0 Å². The van der Waals surface area contributed by atoms with Crippen molar-refractivity contribution in [2.24, 2.45) is 5.92 Å². The molecule has 3 heteroatoms. The first-order chi connectivity index (χ1) is 12.3. The van der Waals surface area contributed by atoms with Crippen molar-refractivity contribution >= 4 is 0 Å². The Hall–Kier alpha value is -2.00. The van der Waals surface area contributed by atoms with Gasteiger partial charge in [-0.25, -0.2) is 0 Å². The van der Waals surface area contributed by atoms with Gasteiger partial charge in [-0.15, -0.1) is 0 Å². The summed E-state index contributed by atoms with van der Waals surface area (Å²) in [7, 11) is 1.71. The van der Waals surface area contributed by atoms with E-state index in [-0.39, 0.29) is 0 Å². The second-order valence-electron chi connectivity index (χ2n) is 6.79. The Morgan fingerprint density at radius 3 is 2.68 bits per heavy atom. The fourth-order valence-corrected chi connectivity index (χ4v) is 3.46. The maximum Gasteiger partial charge on any atom is 0.122 e. The minimum atomic E-state index is 0.810. The van der Waals surface area contributed by atoms with Crippen LogP contribution in [0.5, 0.6) is 11.5 Å². The lowest BCUT2D eigenvalue weighted by Gasteiger charge is -2.22. The molecule has 1 fully saturated rings. The lowest BCUT2D eigenvalue weighted by Crippen LogP contribution is -2.28. The van der Waals surface area contributed by atoms with Gasteiger partial charge in [-0.2, -0.15) is 0 Å². The molecule has 25 heavy (non-hydrogen) atoms. The molecule has 3 nitrogen and oxygen atoms in total. The van der Waals surface area contributed by atoms with Crippen molar-refractivity contribution in [1.82, 2.24) is 5.32 Å². The molecule has 1 aliphatic rings. The SMILES string of the molecule is COc1cccc(CCc2ccccc2OCCC2CCNCC2)c1. The number of ether oxygens (including phenoxy) is 2. The predicted octanol–water partition coefficient (Wildman–Crippen LogP) is 4.25. The largest absolute Gasteiger partial charge is 0.497 e. The van der Waals surface area contributed by atoms with Crippen molar-refractivity contribution < 1.29 is 9.47 Å². The summed E-state index contributed by atoms with van der Waals surface area (Å²) in [6, 6.07) is 16.7. The van der Waals surface area contributed by atoms with Crippen LogP contribution in [-0.2, 0) is 12.8 Å². The van der Waals surface area contributed by atoms with Crippen LogP contribution in [0.2, 0.25) is 0 Å². The van der Waals surface area contributed by atoms with Crippen LogP contribution in [0.3, 0.4) is 0 Å². The number of piperidine rings is 1. The van der Waals surface area contributed by atoms with E-state index in [9.17, 15) is 0 Å². The Labute approximate surface area is 151 Å². The third-order valence-corrected chi connectivity index (χ3v) is 5.03. The fourth-order valence-electron chi connectivity index (χ4n) is 3.46. The minimum absolute atomic E-state index is 0.810. The Kier molecular flexibility index (Phi) is 6.75. The molecule has 0 atom stereocenters. The van der Waals surface area contributed by atoms with Crippen molar-refractivity contribution in [1.29, 1.82) is 0 Å². The van der Waals surface area contributed by atoms with E-state index >= 15 is 0 Å². The highest BCUT2D eigenvalue weighted by atomic mass is 16.5. The maximum absolute atomic E-state index is 6.13. The summed E-state index contributed by atoms with van der Waals surface area (Å²) in [5.41, 5.74) is 2.58. The molecule has 2 aromatic carbocycles. The third kappa shape index (κ3) is 5.50. The molecule has 0 unspecified atom stereocenters. The van der Waals surface area contributed by atoms with E-state index in [0.29, 0.717) is 0 Å². The minimum Gasteiger partial charge on any atom is -0.497 e. The molecule has 1 saturated heterocycles. The van der Waals surface area contributed by atoms with Gasteiger partial charge >= 0.3 is 0 Å². The molecule has 1 heterocycles. The van der Waals surface area contributed by atoms with Crippen LogP contribution in [0.25, 0.3) is 0 Å². The van der Waals surface area contributed by atoms with Gasteiger partial charge in [-0.05, 0) is 80.4 Å². The van der Waals surface area contributed by atoms with E-state index in [0.717, 1.165) is 56.4 Å². The van der Waals surface area contributed by atoms with Gasteiger partial charge in [0.25, 0.3) is 0 Å². The second kappa shape index (κ2) is 9.47. The van der Waals surface area contributed by atoms with E-state index in [1.807, 2.05) is 6.07 Å². The Morgan fingerprint density at radius 1 is 1.00 bits per heavy atom. The summed E-state index contributed by atoms with van der Waals surface area (Å²) >= 11 is 0. The normalized spacial score (nSPS) is 15.1. The van der Waals surface area contributed by atoms with Gasteiger partial charge in [0, 0.05) is 0 Å². The van der Waals surface area contributed by atoms with Gasteiger partial charge in [0.05, 0.1) is 13.7 Å². The zero-order chi connectivity index (χ0) is 17.3. The molecule has 1 N–H and O–H groups in total. The van der Waals surface area contributed by atoms with E-state index in [1.54, 1.807) is 7.11 Å². The summed E-state index contributed by atoms with van der Waals surface area (Å²) in [5, 5.41) is 3.42. The van der Waals surface area contributed by atoms with E-state index in [1.165, 1.54) is 24.0 Å². The second-order valence-corrected chi connectivity index (χ2v) is 6.79.